The molecule has 1 saturated heterocycles. The Morgan fingerprint density at radius 1 is 1.13 bits per heavy atom. The Morgan fingerprint density at radius 3 is 2.40 bits per heavy atom. The minimum absolute atomic E-state index is 0. The number of nitrogens with one attached hydrogen (secondary N) is 1. The van der Waals surface area contributed by atoms with Gasteiger partial charge in [-0.3, -0.25) is 4.79 Å². The topological polar surface area (TPSA) is 41.6 Å². The van der Waals surface area contributed by atoms with Crippen LogP contribution in [0.1, 0.15) is 37.8 Å². The Hall–Kier alpha value is -2.11. The van der Waals surface area contributed by atoms with Crippen molar-refractivity contribution in [1.29, 1.82) is 0 Å². The van der Waals surface area contributed by atoms with Crippen LogP contribution in [0.4, 0.5) is 4.39 Å². The van der Waals surface area contributed by atoms with Crippen LogP contribution in [0.15, 0.2) is 48.5 Å². The maximum Gasteiger partial charge on any atom is 0.227 e. The van der Waals surface area contributed by atoms with E-state index in [0.717, 1.165) is 42.8 Å². The molecule has 0 bridgehead atoms. The number of amides is 1. The summed E-state index contributed by atoms with van der Waals surface area (Å²) >= 11 is 0. The van der Waals surface area contributed by atoms with E-state index < -0.39 is 0 Å². The van der Waals surface area contributed by atoms with Gasteiger partial charge in [-0.25, -0.2) is 4.39 Å². The summed E-state index contributed by atoms with van der Waals surface area (Å²) in [6, 6.07) is 14.4. The van der Waals surface area contributed by atoms with E-state index >= 15 is 0 Å². The first kappa shape index (κ1) is 24.2. The highest BCUT2D eigenvalue weighted by Gasteiger charge is 2.25. The molecule has 2 aromatic carbocycles. The molecule has 0 radical (unpaired) electrons. The number of benzene rings is 2. The minimum Gasteiger partial charge on any atom is -0.493 e. The zero-order valence-corrected chi connectivity index (χ0v) is 18.6. The molecule has 1 fully saturated rings. The molecule has 0 aromatic heterocycles. The van der Waals surface area contributed by atoms with Gasteiger partial charge in [-0.05, 0) is 60.7 Å². The number of carbonyl (C=O) groups excluding carboxylic acids is 1. The van der Waals surface area contributed by atoms with E-state index in [1.54, 1.807) is 12.1 Å². The lowest BCUT2D eigenvalue weighted by molar-refractivity contribution is -0.133. The molecule has 30 heavy (non-hydrogen) atoms. The van der Waals surface area contributed by atoms with Crippen molar-refractivity contribution >= 4 is 18.3 Å². The Kier molecular flexibility index (Phi) is 9.60. The second-order valence-electron chi connectivity index (χ2n) is 8.17. The highest BCUT2D eigenvalue weighted by atomic mass is 35.5. The van der Waals surface area contributed by atoms with E-state index in [0.29, 0.717) is 25.5 Å². The van der Waals surface area contributed by atoms with Gasteiger partial charge >= 0.3 is 0 Å². The normalized spacial score (nSPS) is 16.1. The average Bonchev–Trinajstić information content (AvgIpc) is 2.73. The first-order chi connectivity index (χ1) is 14.0. The molecule has 3 rings (SSSR count). The van der Waals surface area contributed by atoms with E-state index in [-0.39, 0.29) is 30.2 Å². The average molecular weight is 435 g/mol. The van der Waals surface area contributed by atoms with Gasteiger partial charge in [-0.15, -0.1) is 12.4 Å². The van der Waals surface area contributed by atoms with Crippen LogP contribution in [-0.4, -0.2) is 36.5 Å². The molecule has 1 amide bonds. The minimum atomic E-state index is -0.259. The fourth-order valence-electron chi connectivity index (χ4n) is 3.55. The Labute approximate surface area is 185 Å². The molecule has 4 nitrogen and oxygen atoms in total. The molecular formula is C24H32ClFN2O2. The van der Waals surface area contributed by atoms with Gasteiger partial charge in [0.25, 0.3) is 0 Å². The molecule has 1 aliphatic rings. The second kappa shape index (κ2) is 11.9. The van der Waals surface area contributed by atoms with Crippen LogP contribution in [-0.2, 0) is 17.8 Å². The molecule has 0 spiro atoms. The highest BCUT2D eigenvalue weighted by molar-refractivity contribution is 5.85. The van der Waals surface area contributed by atoms with Crippen LogP contribution in [0, 0.1) is 11.7 Å². The molecule has 0 aliphatic carbocycles. The van der Waals surface area contributed by atoms with Crippen molar-refractivity contribution in [1.82, 2.24) is 10.2 Å². The van der Waals surface area contributed by atoms with E-state index in [1.807, 2.05) is 29.2 Å². The third-order valence-electron chi connectivity index (χ3n) is 5.16. The summed E-state index contributed by atoms with van der Waals surface area (Å²) in [6.07, 6.45) is 2.39. The lowest BCUT2D eigenvalue weighted by Crippen LogP contribution is -2.48. The summed E-state index contributed by atoms with van der Waals surface area (Å²) in [4.78, 5) is 15.1. The summed E-state index contributed by atoms with van der Waals surface area (Å²) in [7, 11) is 0. The number of piperidine rings is 1. The third-order valence-corrected chi connectivity index (χ3v) is 5.16. The number of carbonyl (C=O) groups is 1. The molecule has 164 valence electrons. The van der Waals surface area contributed by atoms with E-state index in [4.69, 9.17) is 4.74 Å². The van der Waals surface area contributed by atoms with Gasteiger partial charge in [0.05, 0.1) is 13.0 Å². The van der Waals surface area contributed by atoms with Crippen LogP contribution in [0.3, 0.4) is 0 Å². The molecule has 1 N–H and O–H groups in total. The molecule has 1 heterocycles. The third kappa shape index (κ3) is 7.29. The maximum absolute atomic E-state index is 13.3. The summed E-state index contributed by atoms with van der Waals surface area (Å²) in [5.74, 6) is 1.14. The van der Waals surface area contributed by atoms with Gasteiger partial charge in [0.15, 0.2) is 0 Å². The van der Waals surface area contributed by atoms with Crippen molar-refractivity contribution in [3.8, 4) is 5.75 Å². The summed E-state index contributed by atoms with van der Waals surface area (Å²) in [5, 5.41) is 3.39. The van der Waals surface area contributed by atoms with Crippen molar-refractivity contribution in [2.45, 2.75) is 45.7 Å². The predicted molar refractivity (Wildman–Crippen MR) is 121 cm³/mol. The van der Waals surface area contributed by atoms with Gasteiger partial charge in [0, 0.05) is 19.1 Å². The summed E-state index contributed by atoms with van der Waals surface area (Å²) in [6.45, 7) is 7.20. The first-order valence-electron chi connectivity index (χ1n) is 10.5. The van der Waals surface area contributed by atoms with Gasteiger partial charge < -0.3 is 15.0 Å². The fourth-order valence-corrected chi connectivity index (χ4v) is 3.55. The van der Waals surface area contributed by atoms with Gasteiger partial charge in [0.2, 0.25) is 5.91 Å². The zero-order valence-electron chi connectivity index (χ0n) is 17.8. The molecule has 6 heteroatoms. The van der Waals surface area contributed by atoms with Crippen molar-refractivity contribution in [2.24, 2.45) is 5.92 Å². The Morgan fingerprint density at radius 2 is 1.80 bits per heavy atom. The Balaban J connectivity index is 0.00000320. The monoisotopic (exact) mass is 434 g/mol. The molecule has 0 unspecified atom stereocenters. The van der Waals surface area contributed by atoms with E-state index in [2.05, 4.69) is 19.2 Å². The quantitative estimate of drug-likeness (QED) is 0.659. The van der Waals surface area contributed by atoms with Crippen LogP contribution in [0.5, 0.6) is 5.75 Å². The van der Waals surface area contributed by atoms with Crippen molar-refractivity contribution in [2.75, 3.05) is 19.7 Å². The van der Waals surface area contributed by atoms with Crippen molar-refractivity contribution in [3.05, 3.63) is 65.5 Å². The molecule has 1 aliphatic heterocycles. The van der Waals surface area contributed by atoms with Gasteiger partial charge in [0.1, 0.15) is 11.6 Å². The van der Waals surface area contributed by atoms with E-state index in [9.17, 15) is 9.18 Å². The zero-order chi connectivity index (χ0) is 20.6. The smallest absolute Gasteiger partial charge is 0.227 e. The van der Waals surface area contributed by atoms with Crippen LogP contribution in [0.2, 0.25) is 0 Å². The Bertz CT molecular complexity index is 775. The van der Waals surface area contributed by atoms with Crippen LogP contribution < -0.4 is 10.1 Å². The number of ether oxygens (including phenoxy) is 1. The van der Waals surface area contributed by atoms with E-state index in [1.165, 1.54) is 12.1 Å². The lowest BCUT2D eigenvalue weighted by Gasteiger charge is -2.35. The predicted octanol–water partition coefficient (Wildman–Crippen LogP) is 4.61. The largest absolute Gasteiger partial charge is 0.493 e. The molecule has 2 aromatic rings. The number of halogens is 2. The fraction of sp³-hybridized carbons (Fsp3) is 0.458. The maximum atomic E-state index is 13.3. The molecule has 1 atom stereocenters. The molecular weight excluding hydrogens is 403 g/mol. The summed E-state index contributed by atoms with van der Waals surface area (Å²) < 4.78 is 19.0. The lowest BCUT2D eigenvalue weighted by atomic mass is 10.0. The number of nitrogens with zero attached hydrogens (tertiary/aromatic N) is 1. The van der Waals surface area contributed by atoms with Gasteiger partial charge in [-0.2, -0.15) is 0 Å². The van der Waals surface area contributed by atoms with Crippen molar-refractivity contribution in [3.63, 3.8) is 0 Å². The SMILES string of the molecule is CC(C)COc1ccc(CC(=O)N(Cc2ccc(F)cc2)[C@H]2CCCNC2)cc1.Cl. The standard InChI is InChI=1S/C24H31FN2O2.ClH/c1-18(2)17-29-23-11-7-19(8-12-23)14-24(28)27(22-4-3-13-26-15-22)16-20-5-9-21(25)10-6-20;/h5-12,18,22,26H,3-4,13-17H2,1-2H3;1H/t22-;/m0./s1. The van der Waals surface area contributed by atoms with Crippen LogP contribution >= 0.6 is 12.4 Å². The number of hydrogen-bond acceptors (Lipinski definition) is 3. The number of hydrogen-bond donors (Lipinski definition) is 1. The van der Waals surface area contributed by atoms with Crippen LogP contribution in [0.25, 0.3) is 0 Å². The first-order valence-corrected chi connectivity index (χ1v) is 10.5. The van der Waals surface area contributed by atoms with Crippen molar-refractivity contribution < 1.29 is 13.9 Å². The number of rotatable bonds is 8. The van der Waals surface area contributed by atoms with Gasteiger partial charge in [-0.1, -0.05) is 38.1 Å². The summed E-state index contributed by atoms with van der Waals surface area (Å²) in [5.41, 5.74) is 1.92. The highest BCUT2D eigenvalue weighted by Crippen LogP contribution is 2.19. The molecule has 0 saturated carbocycles. The second-order valence-corrected chi connectivity index (χ2v) is 8.17.